The molecular weight excluding hydrogens is 606 g/mol. The molecule has 192 valence electrons. The standard InChI is InChI=1S/C28H26FIN2O4S/c1-4-34-22-12-10-21(11-13-22)32-27(33)24(31(3)28(32)37)15-19-14-23(30)26(25(16-19)35-5-2)36-17-18-6-8-20(29)9-7-18/h6-16H,4-5,17H2,1-3H3/b24-15-. The lowest BCUT2D eigenvalue weighted by Gasteiger charge is -2.17. The van der Waals surface area contributed by atoms with Gasteiger partial charge in [0.25, 0.3) is 5.91 Å². The van der Waals surface area contributed by atoms with Crippen molar-refractivity contribution < 1.29 is 23.4 Å². The Morgan fingerprint density at radius 1 is 0.973 bits per heavy atom. The van der Waals surface area contributed by atoms with E-state index >= 15 is 0 Å². The normalized spacial score (nSPS) is 14.5. The van der Waals surface area contributed by atoms with Gasteiger partial charge in [0.15, 0.2) is 16.6 Å². The van der Waals surface area contributed by atoms with Gasteiger partial charge in [-0.05, 0) is 114 Å². The minimum absolute atomic E-state index is 0.221. The predicted molar refractivity (Wildman–Crippen MR) is 154 cm³/mol. The van der Waals surface area contributed by atoms with E-state index in [1.54, 1.807) is 30.2 Å². The first kappa shape index (κ1) is 26.9. The molecule has 0 radical (unpaired) electrons. The van der Waals surface area contributed by atoms with Crippen LogP contribution in [0.5, 0.6) is 17.2 Å². The molecule has 4 rings (SSSR count). The van der Waals surface area contributed by atoms with E-state index in [2.05, 4.69) is 22.6 Å². The highest BCUT2D eigenvalue weighted by Gasteiger charge is 2.36. The molecule has 0 spiro atoms. The molecule has 1 aliphatic rings. The van der Waals surface area contributed by atoms with Crippen molar-refractivity contribution >= 4 is 57.6 Å². The summed E-state index contributed by atoms with van der Waals surface area (Å²) in [7, 11) is 1.77. The lowest BCUT2D eigenvalue weighted by Crippen LogP contribution is -2.31. The van der Waals surface area contributed by atoms with Gasteiger partial charge in [-0.1, -0.05) is 12.1 Å². The summed E-state index contributed by atoms with van der Waals surface area (Å²) in [5.74, 6) is 1.36. The molecule has 1 heterocycles. The van der Waals surface area contributed by atoms with Gasteiger partial charge in [-0.15, -0.1) is 0 Å². The fraction of sp³-hybridized carbons (Fsp3) is 0.214. The number of benzene rings is 3. The number of hydrogen-bond acceptors (Lipinski definition) is 5. The number of amides is 1. The molecule has 1 aliphatic heterocycles. The number of thiocarbonyl (C=S) groups is 1. The van der Waals surface area contributed by atoms with Gasteiger partial charge in [-0.2, -0.15) is 0 Å². The Hall–Kier alpha value is -3.18. The van der Waals surface area contributed by atoms with Crippen LogP contribution in [-0.4, -0.2) is 36.2 Å². The van der Waals surface area contributed by atoms with Crippen LogP contribution in [0, 0.1) is 9.39 Å². The largest absolute Gasteiger partial charge is 0.494 e. The van der Waals surface area contributed by atoms with Crippen molar-refractivity contribution in [3.8, 4) is 17.2 Å². The summed E-state index contributed by atoms with van der Waals surface area (Å²) in [5, 5.41) is 0.388. The SMILES string of the molecule is CCOc1ccc(N2C(=O)/C(=C/c3cc(I)c(OCc4ccc(F)cc4)c(OCC)c3)N(C)C2=S)cc1. The molecule has 9 heteroatoms. The first-order valence-corrected chi connectivity index (χ1v) is 13.2. The van der Waals surface area contributed by atoms with E-state index < -0.39 is 0 Å². The molecule has 3 aromatic rings. The smallest absolute Gasteiger partial charge is 0.281 e. The molecule has 3 aromatic carbocycles. The number of hydrogen-bond donors (Lipinski definition) is 0. The third-order valence-electron chi connectivity index (χ3n) is 5.60. The van der Waals surface area contributed by atoms with Crippen molar-refractivity contribution in [1.82, 2.24) is 4.90 Å². The van der Waals surface area contributed by atoms with E-state index in [4.69, 9.17) is 26.4 Å². The highest BCUT2D eigenvalue weighted by Crippen LogP contribution is 2.37. The summed E-state index contributed by atoms with van der Waals surface area (Å²) >= 11 is 7.77. The molecule has 1 saturated heterocycles. The van der Waals surface area contributed by atoms with Crippen LogP contribution in [0.1, 0.15) is 25.0 Å². The minimum Gasteiger partial charge on any atom is -0.494 e. The Labute approximate surface area is 234 Å². The zero-order valence-electron chi connectivity index (χ0n) is 20.7. The summed E-state index contributed by atoms with van der Waals surface area (Å²) in [6, 6.07) is 17.2. The van der Waals surface area contributed by atoms with Gasteiger partial charge in [0.05, 0.1) is 22.5 Å². The van der Waals surface area contributed by atoms with Crippen molar-refractivity contribution in [2.45, 2.75) is 20.5 Å². The van der Waals surface area contributed by atoms with E-state index in [9.17, 15) is 9.18 Å². The molecular formula is C28H26FIN2O4S. The average Bonchev–Trinajstić information content (AvgIpc) is 3.08. The molecule has 0 bridgehead atoms. The second kappa shape index (κ2) is 11.9. The maximum Gasteiger partial charge on any atom is 0.281 e. The maximum absolute atomic E-state index is 13.4. The number of nitrogens with zero attached hydrogens (tertiary/aromatic N) is 2. The zero-order chi connectivity index (χ0) is 26.5. The molecule has 37 heavy (non-hydrogen) atoms. The Bertz CT molecular complexity index is 1330. The van der Waals surface area contributed by atoms with Crippen LogP contribution in [0.15, 0.2) is 66.4 Å². The Kier molecular flexibility index (Phi) is 8.65. The van der Waals surface area contributed by atoms with Crippen LogP contribution >= 0.6 is 34.8 Å². The second-order valence-corrected chi connectivity index (χ2v) is 9.64. The van der Waals surface area contributed by atoms with E-state index in [-0.39, 0.29) is 18.3 Å². The minimum atomic E-state index is -0.294. The summed E-state index contributed by atoms with van der Waals surface area (Å²) < 4.78 is 31.4. The quantitative estimate of drug-likeness (QED) is 0.155. The highest BCUT2D eigenvalue weighted by molar-refractivity contribution is 14.1. The number of carbonyl (C=O) groups excluding carboxylic acids is 1. The number of carbonyl (C=O) groups is 1. The second-order valence-electron chi connectivity index (χ2n) is 8.12. The fourth-order valence-electron chi connectivity index (χ4n) is 3.81. The van der Waals surface area contributed by atoms with Gasteiger partial charge in [-0.3, -0.25) is 9.69 Å². The number of likely N-dealkylation sites (N-methyl/N-ethyl adjacent to an activating group) is 1. The highest BCUT2D eigenvalue weighted by atomic mass is 127. The molecule has 6 nitrogen and oxygen atoms in total. The van der Waals surface area contributed by atoms with Crippen molar-refractivity contribution in [2.24, 2.45) is 0 Å². The number of ether oxygens (including phenoxy) is 3. The Morgan fingerprint density at radius 3 is 2.30 bits per heavy atom. The zero-order valence-corrected chi connectivity index (χ0v) is 23.6. The first-order chi connectivity index (χ1) is 17.8. The van der Waals surface area contributed by atoms with Crippen LogP contribution in [-0.2, 0) is 11.4 Å². The molecule has 0 aliphatic carbocycles. The summed E-state index contributed by atoms with van der Waals surface area (Å²) in [6.07, 6.45) is 1.79. The summed E-state index contributed by atoms with van der Waals surface area (Å²) in [6.45, 7) is 5.08. The van der Waals surface area contributed by atoms with E-state index in [1.165, 1.54) is 17.0 Å². The molecule has 0 unspecified atom stereocenters. The third kappa shape index (κ3) is 6.04. The monoisotopic (exact) mass is 632 g/mol. The van der Waals surface area contributed by atoms with Crippen molar-refractivity contribution in [3.05, 3.63) is 86.9 Å². The molecule has 1 amide bonds. The fourth-order valence-corrected chi connectivity index (χ4v) is 4.88. The lowest BCUT2D eigenvalue weighted by atomic mass is 10.1. The number of rotatable bonds is 9. The average molecular weight is 632 g/mol. The maximum atomic E-state index is 13.4. The Morgan fingerprint density at radius 2 is 1.65 bits per heavy atom. The molecule has 0 saturated carbocycles. The van der Waals surface area contributed by atoms with Crippen molar-refractivity contribution in [2.75, 3.05) is 25.2 Å². The summed E-state index contributed by atoms with van der Waals surface area (Å²) in [4.78, 5) is 16.6. The number of halogens is 2. The van der Waals surface area contributed by atoms with Gasteiger partial charge < -0.3 is 19.1 Å². The van der Waals surface area contributed by atoms with E-state index in [0.29, 0.717) is 41.2 Å². The summed E-state index contributed by atoms with van der Waals surface area (Å²) in [5.41, 5.74) is 2.72. The van der Waals surface area contributed by atoms with E-state index in [0.717, 1.165) is 20.4 Å². The lowest BCUT2D eigenvalue weighted by molar-refractivity contribution is -0.114. The van der Waals surface area contributed by atoms with Gasteiger partial charge in [0.2, 0.25) is 0 Å². The Balaban J connectivity index is 1.60. The first-order valence-electron chi connectivity index (χ1n) is 11.7. The predicted octanol–water partition coefficient (Wildman–Crippen LogP) is 6.41. The van der Waals surface area contributed by atoms with Gasteiger partial charge in [0.1, 0.15) is 23.9 Å². The van der Waals surface area contributed by atoms with Crippen LogP contribution in [0.2, 0.25) is 0 Å². The van der Waals surface area contributed by atoms with Crippen molar-refractivity contribution in [1.29, 1.82) is 0 Å². The van der Waals surface area contributed by atoms with Crippen LogP contribution in [0.25, 0.3) is 6.08 Å². The topological polar surface area (TPSA) is 51.2 Å². The third-order valence-corrected chi connectivity index (χ3v) is 6.86. The molecule has 0 atom stereocenters. The van der Waals surface area contributed by atoms with Crippen LogP contribution in [0.3, 0.4) is 0 Å². The molecule has 1 fully saturated rings. The van der Waals surface area contributed by atoms with Gasteiger partial charge in [0, 0.05) is 7.05 Å². The van der Waals surface area contributed by atoms with Crippen molar-refractivity contribution in [3.63, 3.8) is 0 Å². The van der Waals surface area contributed by atoms with Gasteiger partial charge in [-0.25, -0.2) is 4.39 Å². The van der Waals surface area contributed by atoms with Gasteiger partial charge >= 0.3 is 0 Å². The number of anilines is 1. The van der Waals surface area contributed by atoms with Crippen LogP contribution in [0.4, 0.5) is 10.1 Å². The molecule has 0 aromatic heterocycles. The van der Waals surface area contributed by atoms with E-state index in [1.807, 2.05) is 50.2 Å². The molecule has 0 N–H and O–H groups in total. The van der Waals surface area contributed by atoms with Crippen LogP contribution < -0.4 is 19.1 Å².